The van der Waals surface area contributed by atoms with Gasteiger partial charge in [0.2, 0.25) is 0 Å². The van der Waals surface area contributed by atoms with E-state index in [4.69, 9.17) is 9.84 Å². The zero-order valence-corrected chi connectivity index (χ0v) is 8.59. The third-order valence-electron chi connectivity index (χ3n) is 1.87. The molecule has 15 heavy (non-hydrogen) atoms. The van der Waals surface area contributed by atoms with Gasteiger partial charge in [-0.05, 0) is 18.6 Å². The molecule has 0 spiro atoms. The van der Waals surface area contributed by atoms with Crippen LogP contribution in [-0.2, 0) is 0 Å². The first-order chi connectivity index (χ1) is 7.29. The Bertz CT molecular complexity index is 377. The normalized spacial score (nSPS) is 9.27. The second-order valence-corrected chi connectivity index (χ2v) is 2.95. The molecule has 0 radical (unpaired) electrons. The lowest BCUT2D eigenvalue weighted by molar-refractivity contribution is 0.290. The third-order valence-corrected chi connectivity index (χ3v) is 1.87. The van der Waals surface area contributed by atoms with E-state index in [1.54, 1.807) is 18.2 Å². The van der Waals surface area contributed by atoms with Gasteiger partial charge >= 0.3 is 0 Å². The van der Waals surface area contributed by atoms with E-state index in [-0.39, 0.29) is 12.4 Å². The maximum absolute atomic E-state index is 13.5. The number of unbranched alkanes of at least 4 members (excludes halogenated alkanes) is 1. The summed E-state index contributed by atoms with van der Waals surface area (Å²) in [6, 6.07) is 4.84. The van der Waals surface area contributed by atoms with Crippen molar-refractivity contribution < 1.29 is 14.2 Å². The summed E-state index contributed by atoms with van der Waals surface area (Å²) in [6.45, 7) is 0.106. The van der Waals surface area contributed by atoms with Gasteiger partial charge in [-0.2, -0.15) is 0 Å². The molecule has 0 aliphatic heterocycles. The van der Waals surface area contributed by atoms with Crippen LogP contribution < -0.4 is 4.74 Å². The van der Waals surface area contributed by atoms with Crippen LogP contribution in [0.3, 0.4) is 0 Å². The molecule has 3 heteroatoms. The number of aliphatic hydroxyl groups excluding tert-OH is 1. The summed E-state index contributed by atoms with van der Waals surface area (Å²) in [5.41, 5.74) is 0.326. The summed E-state index contributed by atoms with van der Waals surface area (Å²) in [6.07, 6.45) is 1.17. The van der Waals surface area contributed by atoms with Gasteiger partial charge in [0.25, 0.3) is 0 Å². The zero-order chi connectivity index (χ0) is 11.1. The van der Waals surface area contributed by atoms with E-state index in [0.29, 0.717) is 18.4 Å². The number of hydrogen-bond acceptors (Lipinski definition) is 2. The molecule has 1 aromatic rings. The standard InChI is InChI=1S/C12H13FO2/c1-15-11-8-5-7-10(12(11)13)6-3-2-4-9-14/h5,7-8,14H,2,4,9H2,1H3. The topological polar surface area (TPSA) is 29.5 Å². The van der Waals surface area contributed by atoms with Crippen molar-refractivity contribution in [3.63, 3.8) is 0 Å². The Balaban J connectivity index is 2.79. The third kappa shape index (κ3) is 3.26. The predicted octanol–water partition coefficient (Wildman–Crippen LogP) is 1.96. The molecular formula is C12H13FO2. The van der Waals surface area contributed by atoms with Crippen molar-refractivity contribution in [3.05, 3.63) is 29.6 Å². The monoisotopic (exact) mass is 208 g/mol. The van der Waals surface area contributed by atoms with Crippen LogP contribution in [0.4, 0.5) is 4.39 Å². The number of methoxy groups -OCH3 is 1. The molecule has 1 aromatic carbocycles. The number of aliphatic hydroxyl groups is 1. The molecule has 0 fully saturated rings. The highest BCUT2D eigenvalue weighted by atomic mass is 19.1. The predicted molar refractivity (Wildman–Crippen MR) is 56.1 cm³/mol. The van der Waals surface area contributed by atoms with Gasteiger partial charge < -0.3 is 9.84 Å². The second kappa shape index (κ2) is 6.05. The molecule has 0 aliphatic carbocycles. The summed E-state index contributed by atoms with van der Waals surface area (Å²) < 4.78 is 18.3. The molecule has 1 N–H and O–H groups in total. The molecule has 80 valence electrons. The van der Waals surface area contributed by atoms with Crippen molar-refractivity contribution in [1.29, 1.82) is 0 Å². The van der Waals surface area contributed by atoms with Gasteiger partial charge in [0.05, 0.1) is 12.7 Å². The number of benzene rings is 1. The van der Waals surface area contributed by atoms with E-state index in [2.05, 4.69) is 11.8 Å². The first-order valence-corrected chi connectivity index (χ1v) is 4.72. The van der Waals surface area contributed by atoms with Crippen molar-refractivity contribution >= 4 is 0 Å². The van der Waals surface area contributed by atoms with Crippen LogP contribution in [0.15, 0.2) is 18.2 Å². The smallest absolute Gasteiger partial charge is 0.180 e. The number of rotatable bonds is 3. The van der Waals surface area contributed by atoms with Gasteiger partial charge in [0.1, 0.15) is 0 Å². The maximum Gasteiger partial charge on any atom is 0.180 e. The SMILES string of the molecule is COc1cccc(C#CCCCO)c1F. The molecule has 0 aliphatic rings. The molecule has 0 bridgehead atoms. The summed E-state index contributed by atoms with van der Waals surface area (Å²) >= 11 is 0. The van der Waals surface area contributed by atoms with E-state index in [1.807, 2.05) is 0 Å². The second-order valence-electron chi connectivity index (χ2n) is 2.95. The Morgan fingerprint density at radius 3 is 2.93 bits per heavy atom. The fourth-order valence-electron chi connectivity index (χ4n) is 1.09. The van der Waals surface area contributed by atoms with Crippen molar-refractivity contribution in [2.75, 3.05) is 13.7 Å². The number of hydrogen-bond donors (Lipinski definition) is 1. The lowest BCUT2D eigenvalue weighted by atomic mass is 10.2. The van der Waals surface area contributed by atoms with E-state index >= 15 is 0 Å². The summed E-state index contributed by atoms with van der Waals surface area (Å²) in [5, 5.41) is 8.54. The lowest BCUT2D eigenvalue weighted by Crippen LogP contribution is -1.90. The molecule has 0 saturated carbocycles. The molecule has 0 atom stereocenters. The van der Waals surface area contributed by atoms with Gasteiger partial charge in [-0.25, -0.2) is 4.39 Å². The molecular weight excluding hydrogens is 195 g/mol. The summed E-state index contributed by atoms with van der Waals surface area (Å²) in [7, 11) is 1.42. The largest absolute Gasteiger partial charge is 0.494 e. The Hall–Kier alpha value is -1.53. The van der Waals surface area contributed by atoms with E-state index in [9.17, 15) is 4.39 Å². The van der Waals surface area contributed by atoms with Crippen molar-refractivity contribution in [1.82, 2.24) is 0 Å². The minimum atomic E-state index is -0.434. The Labute approximate surface area is 88.7 Å². The van der Waals surface area contributed by atoms with Crippen LogP contribution in [0.1, 0.15) is 18.4 Å². The van der Waals surface area contributed by atoms with Gasteiger partial charge in [0, 0.05) is 13.0 Å². The molecule has 0 saturated heterocycles. The molecule has 2 nitrogen and oxygen atoms in total. The Kier molecular flexibility index (Phi) is 4.65. The summed E-state index contributed by atoms with van der Waals surface area (Å²) in [5.74, 6) is 5.26. The summed E-state index contributed by atoms with van der Waals surface area (Å²) in [4.78, 5) is 0. The highest BCUT2D eigenvalue weighted by molar-refractivity contribution is 5.41. The Morgan fingerprint density at radius 1 is 1.47 bits per heavy atom. The van der Waals surface area contributed by atoms with E-state index in [0.717, 1.165) is 0 Å². The molecule has 0 heterocycles. The average molecular weight is 208 g/mol. The fraction of sp³-hybridized carbons (Fsp3) is 0.333. The quantitative estimate of drug-likeness (QED) is 0.607. The van der Waals surface area contributed by atoms with Gasteiger partial charge in [-0.1, -0.05) is 17.9 Å². The maximum atomic E-state index is 13.5. The minimum Gasteiger partial charge on any atom is -0.494 e. The van der Waals surface area contributed by atoms with Crippen molar-refractivity contribution in [2.24, 2.45) is 0 Å². The van der Waals surface area contributed by atoms with Crippen molar-refractivity contribution in [2.45, 2.75) is 12.8 Å². The highest BCUT2D eigenvalue weighted by Crippen LogP contribution is 2.18. The van der Waals surface area contributed by atoms with Crippen LogP contribution in [0, 0.1) is 17.7 Å². The van der Waals surface area contributed by atoms with E-state index < -0.39 is 5.82 Å². The van der Waals surface area contributed by atoms with E-state index in [1.165, 1.54) is 7.11 Å². The van der Waals surface area contributed by atoms with Crippen LogP contribution in [0.25, 0.3) is 0 Å². The number of halogens is 1. The lowest BCUT2D eigenvalue weighted by Gasteiger charge is -2.01. The van der Waals surface area contributed by atoms with Crippen LogP contribution in [-0.4, -0.2) is 18.8 Å². The van der Waals surface area contributed by atoms with Crippen LogP contribution in [0.2, 0.25) is 0 Å². The van der Waals surface area contributed by atoms with Gasteiger partial charge in [0.15, 0.2) is 11.6 Å². The molecule has 0 aromatic heterocycles. The van der Waals surface area contributed by atoms with Crippen LogP contribution in [0.5, 0.6) is 5.75 Å². The fourth-order valence-corrected chi connectivity index (χ4v) is 1.09. The minimum absolute atomic E-state index is 0.106. The van der Waals surface area contributed by atoms with Crippen molar-refractivity contribution in [3.8, 4) is 17.6 Å². The van der Waals surface area contributed by atoms with Crippen LogP contribution >= 0.6 is 0 Å². The highest BCUT2D eigenvalue weighted by Gasteiger charge is 2.04. The first-order valence-electron chi connectivity index (χ1n) is 4.72. The molecule has 0 unspecified atom stereocenters. The number of ether oxygens (including phenoxy) is 1. The average Bonchev–Trinajstić information content (AvgIpc) is 2.26. The zero-order valence-electron chi connectivity index (χ0n) is 8.59. The molecule has 0 amide bonds. The molecule has 1 rings (SSSR count). The Morgan fingerprint density at radius 2 is 2.27 bits per heavy atom. The van der Waals surface area contributed by atoms with Gasteiger partial charge in [-0.15, -0.1) is 0 Å². The van der Waals surface area contributed by atoms with Gasteiger partial charge in [-0.3, -0.25) is 0 Å². The first kappa shape index (κ1) is 11.5.